The summed E-state index contributed by atoms with van der Waals surface area (Å²) in [4.78, 5) is 66.4. The van der Waals surface area contributed by atoms with Gasteiger partial charge in [-0.05, 0) is 50.5 Å². The Hall–Kier alpha value is -3.67. The average molecular weight is 603 g/mol. The van der Waals surface area contributed by atoms with Crippen LogP contribution in [0.15, 0.2) is 30.3 Å². The predicted molar refractivity (Wildman–Crippen MR) is 157 cm³/mol. The Labute approximate surface area is 253 Å². The topological polar surface area (TPSA) is 144 Å². The van der Waals surface area contributed by atoms with Crippen molar-refractivity contribution < 1.29 is 38.2 Å². The van der Waals surface area contributed by atoms with Crippen LogP contribution in [0.2, 0.25) is 0 Å². The Balaban J connectivity index is 1.41. The number of likely N-dealkylation sites (tertiary alicyclic amines) is 2. The summed E-state index contributed by atoms with van der Waals surface area (Å²) in [5.74, 6) is -1.29. The van der Waals surface area contributed by atoms with Gasteiger partial charge < -0.3 is 34.6 Å². The lowest BCUT2D eigenvalue weighted by molar-refractivity contribution is -0.144. The molecule has 2 fully saturated rings. The second-order valence-corrected chi connectivity index (χ2v) is 11.1. The van der Waals surface area contributed by atoms with Crippen molar-refractivity contribution in [1.82, 2.24) is 20.4 Å². The molecular weight excluding hydrogens is 556 g/mol. The van der Waals surface area contributed by atoms with Crippen molar-refractivity contribution >= 4 is 29.8 Å². The number of esters is 1. The van der Waals surface area contributed by atoms with Crippen molar-refractivity contribution in [2.45, 2.75) is 71.1 Å². The zero-order chi connectivity index (χ0) is 31.0. The molecule has 3 rings (SSSR count). The zero-order valence-corrected chi connectivity index (χ0v) is 25.4. The van der Waals surface area contributed by atoms with E-state index in [4.69, 9.17) is 14.2 Å². The normalized spacial score (nSPS) is 18.0. The van der Waals surface area contributed by atoms with Gasteiger partial charge in [0.1, 0.15) is 12.8 Å². The highest BCUT2D eigenvalue weighted by molar-refractivity contribution is 5.83. The molecule has 0 unspecified atom stereocenters. The van der Waals surface area contributed by atoms with Gasteiger partial charge in [0.25, 0.3) is 0 Å². The maximum absolute atomic E-state index is 13.1. The van der Waals surface area contributed by atoms with Crippen molar-refractivity contribution in [2.24, 2.45) is 11.8 Å². The Morgan fingerprint density at radius 2 is 1.67 bits per heavy atom. The third-order valence-corrected chi connectivity index (χ3v) is 7.85. The maximum atomic E-state index is 13.1. The molecule has 12 nitrogen and oxygen atoms in total. The van der Waals surface area contributed by atoms with Gasteiger partial charge in [-0.15, -0.1) is 0 Å². The molecule has 2 aliphatic heterocycles. The van der Waals surface area contributed by atoms with Crippen LogP contribution in [0.4, 0.5) is 4.79 Å². The molecule has 0 spiro atoms. The Bertz CT molecular complexity index is 1060. The molecule has 0 aromatic heterocycles. The summed E-state index contributed by atoms with van der Waals surface area (Å²) in [7, 11) is 1.48. The first kappa shape index (κ1) is 33.8. The van der Waals surface area contributed by atoms with Gasteiger partial charge in [0.2, 0.25) is 17.7 Å². The molecule has 12 heteroatoms. The number of hydrogen-bond donors (Lipinski definition) is 2. The Kier molecular flexibility index (Phi) is 14.2. The summed E-state index contributed by atoms with van der Waals surface area (Å²) in [6, 6.07) is 9.57. The lowest BCUT2D eigenvalue weighted by Gasteiger charge is -2.34. The number of benzene rings is 1. The molecule has 0 bridgehead atoms. The van der Waals surface area contributed by atoms with Crippen LogP contribution in [0.1, 0.15) is 63.9 Å². The highest BCUT2D eigenvalue weighted by Gasteiger charge is 2.31. The lowest BCUT2D eigenvalue weighted by Crippen LogP contribution is -2.53. The van der Waals surface area contributed by atoms with E-state index in [9.17, 15) is 24.0 Å². The number of rotatable bonds is 14. The summed E-state index contributed by atoms with van der Waals surface area (Å²) in [5.41, 5.74) is 0.947. The van der Waals surface area contributed by atoms with Gasteiger partial charge in [0, 0.05) is 39.7 Å². The molecule has 1 aromatic rings. The first-order chi connectivity index (χ1) is 20.8. The summed E-state index contributed by atoms with van der Waals surface area (Å²) in [6.45, 7) is 4.43. The van der Waals surface area contributed by atoms with E-state index < -0.39 is 18.1 Å². The molecule has 43 heavy (non-hydrogen) atoms. The fraction of sp³-hybridized carbons (Fsp3) is 0.645. The monoisotopic (exact) mass is 602 g/mol. The highest BCUT2D eigenvalue weighted by atomic mass is 16.6. The molecule has 0 saturated carbocycles. The summed E-state index contributed by atoms with van der Waals surface area (Å²) >= 11 is 0. The molecule has 4 amide bonds. The molecule has 2 heterocycles. The molecule has 2 aliphatic rings. The zero-order valence-electron chi connectivity index (χ0n) is 25.4. The Morgan fingerprint density at radius 1 is 0.930 bits per heavy atom. The number of hydrogen-bond acceptors (Lipinski definition) is 8. The SMILES string of the molecule is CCOC(=O)C[C@@H](NC(=O)CCOC)NC(=O)[C@@H]1CCCN(C(=O)CCC2CCN(C(=O)OCc3ccccc3)CC2)C1. The standard InChI is InChI=1S/C31H46N4O8/c1-3-42-29(38)20-26(32-27(36)15-19-41-2)33-30(39)25-10-7-16-35(21-25)28(37)12-11-23-13-17-34(18-14-23)31(40)43-22-24-8-5-4-6-9-24/h4-6,8-9,23,25-26H,3,7,10-22H2,1-2H3,(H,32,36)(H,33,39)/t25-,26+/m1/s1. The number of carbonyl (C=O) groups excluding carboxylic acids is 5. The third-order valence-electron chi connectivity index (χ3n) is 7.85. The van der Waals surface area contributed by atoms with Crippen LogP contribution in [0.25, 0.3) is 0 Å². The molecule has 238 valence electrons. The van der Waals surface area contributed by atoms with Gasteiger partial charge in [-0.25, -0.2) is 4.79 Å². The number of amides is 4. The van der Waals surface area contributed by atoms with E-state index in [-0.39, 0.29) is 56.5 Å². The molecule has 2 N–H and O–H groups in total. The van der Waals surface area contributed by atoms with Crippen molar-refractivity contribution in [3.8, 4) is 0 Å². The van der Waals surface area contributed by atoms with E-state index in [1.165, 1.54) is 7.11 Å². The molecule has 1 aromatic carbocycles. The molecule has 2 saturated heterocycles. The van der Waals surface area contributed by atoms with Crippen molar-refractivity contribution in [3.63, 3.8) is 0 Å². The maximum Gasteiger partial charge on any atom is 0.410 e. The number of nitrogens with one attached hydrogen (secondary N) is 2. The fourth-order valence-electron chi connectivity index (χ4n) is 5.39. The lowest BCUT2D eigenvalue weighted by atomic mass is 9.91. The summed E-state index contributed by atoms with van der Waals surface area (Å²) in [6.07, 6.45) is 2.72. The molecular formula is C31H46N4O8. The number of ether oxygens (including phenoxy) is 3. The number of carbonyl (C=O) groups is 5. The average Bonchev–Trinajstić information content (AvgIpc) is 3.02. The smallest absolute Gasteiger partial charge is 0.410 e. The second kappa shape index (κ2) is 18.1. The van der Waals surface area contributed by atoms with Crippen LogP contribution in [0, 0.1) is 11.8 Å². The molecule has 0 aliphatic carbocycles. The minimum absolute atomic E-state index is 0.0122. The van der Waals surface area contributed by atoms with Crippen molar-refractivity contribution in [2.75, 3.05) is 46.5 Å². The van der Waals surface area contributed by atoms with Gasteiger partial charge in [-0.1, -0.05) is 30.3 Å². The fourth-order valence-corrected chi connectivity index (χ4v) is 5.39. The van der Waals surface area contributed by atoms with Gasteiger partial charge in [-0.3, -0.25) is 19.2 Å². The summed E-state index contributed by atoms with van der Waals surface area (Å²) < 4.78 is 15.4. The van der Waals surface area contributed by atoms with Crippen LogP contribution < -0.4 is 10.6 Å². The number of nitrogens with zero attached hydrogens (tertiary/aromatic N) is 2. The van der Waals surface area contributed by atoms with E-state index in [2.05, 4.69) is 10.6 Å². The van der Waals surface area contributed by atoms with E-state index in [0.717, 1.165) is 24.8 Å². The third kappa shape index (κ3) is 11.9. The van der Waals surface area contributed by atoms with Crippen molar-refractivity contribution in [3.05, 3.63) is 35.9 Å². The van der Waals surface area contributed by atoms with E-state index in [0.29, 0.717) is 51.4 Å². The first-order valence-electron chi connectivity index (χ1n) is 15.3. The van der Waals surface area contributed by atoms with Gasteiger partial charge >= 0.3 is 12.1 Å². The molecule has 0 radical (unpaired) electrons. The minimum Gasteiger partial charge on any atom is -0.466 e. The van der Waals surface area contributed by atoms with Crippen molar-refractivity contribution in [1.29, 1.82) is 0 Å². The van der Waals surface area contributed by atoms with Crippen LogP contribution in [0.3, 0.4) is 0 Å². The van der Waals surface area contributed by atoms with Gasteiger partial charge in [0.15, 0.2) is 0 Å². The largest absolute Gasteiger partial charge is 0.466 e. The summed E-state index contributed by atoms with van der Waals surface area (Å²) in [5, 5.41) is 5.43. The van der Waals surface area contributed by atoms with Crippen LogP contribution in [-0.2, 0) is 40.0 Å². The predicted octanol–water partition coefficient (Wildman–Crippen LogP) is 2.60. The highest BCUT2D eigenvalue weighted by Crippen LogP contribution is 2.24. The van der Waals surface area contributed by atoms with E-state index in [1.807, 2.05) is 30.3 Å². The first-order valence-corrected chi connectivity index (χ1v) is 15.3. The Morgan fingerprint density at radius 3 is 2.37 bits per heavy atom. The number of piperidine rings is 2. The van der Waals surface area contributed by atoms with Crippen LogP contribution in [-0.4, -0.2) is 92.3 Å². The van der Waals surface area contributed by atoms with Gasteiger partial charge in [0.05, 0.1) is 32.0 Å². The number of methoxy groups -OCH3 is 1. The van der Waals surface area contributed by atoms with E-state index >= 15 is 0 Å². The van der Waals surface area contributed by atoms with Crippen LogP contribution in [0.5, 0.6) is 0 Å². The van der Waals surface area contributed by atoms with Crippen LogP contribution >= 0.6 is 0 Å². The quantitative estimate of drug-likeness (QED) is 0.244. The second-order valence-electron chi connectivity index (χ2n) is 11.1. The molecule has 2 atom stereocenters. The van der Waals surface area contributed by atoms with E-state index in [1.54, 1.807) is 16.7 Å². The minimum atomic E-state index is -0.913. The van der Waals surface area contributed by atoms with Gasteiger partial charge in [-0.2, -0.15) is 0 Å².